The van der Waals surface area contributed by atoms with Crippen LogP contribution in [0.2, 0.25) is 0 Å². The number of carbonyl (C=O) groups is 1. The van der Waals surface area contributed by atoms with Gasteiger partial charge in [0.2, 0.25) is 5.95 Å². The number of anilines is 1. The quantitative estimate of drug-likeness (QED) is 0.800. The Hall–Kier alpha value is -1.70. The highest BCUT2D eigenvalue weighted by molar-refractivity contribution is 7.91. The van der Waals surface area contributed by atoms with Gasteiger partial charge in [-0.3, -0.25) is 4.79 Å². The third-order valence-corrected chi connectivity index (χ3v) is 6.95. The first-order valence-electron chi connectivity index (χ1n) is 8.98. The van der Waals surface area contributed by atoms with Gasteiger partial charge < -0.3 is 9.80 Å². The van der Waals surface area contributed by atoms with Crippen LogP contribution in [0.4, 0.5) is 5.95 Å². The molecule has 1 unspecified atom stereocenters. The van der Waals surface area contributed by atoms with Gasteiger partial charge >= 0.3 is 0 Å². The third-order valence-electron chi connectivity index (χ3n) is 5.20. The van der Waals surface area contributed by atoms with Crippen molar-refractivity contribution in [1.29, 1.82) is 0 Å². The summed E-state index contributed by atoms with van der Waals surface area (Å²) in [5.41, 5.74) is 0.417. The summed E-state index contributed by atoms with van der Waals surface area (Å²) in [6.45, 7) is 6.48. The molecule has 0 spiro atoms. The number of nitrogens with zero attached hydrogens (tertiary/aromatic N) is 4. The largest absolute Gasteiger partial charge is 0.341 e. The number of amides is 1. The summed E-state index contributed by atoms with van der Waals surface area (Å²) in [4.78, 5) is 25.3. The monoisotopic (exact) mass is 366 g/mol. The number of aromatic nitrogens is 2. The summed E-state index contributed by atoms with van der Waals surface area (Å²) < 4.78 is 23.4. The molecule has 2 aliphatic rings. The lowest BCUT2D eigenvalue weighted by Crippen LogP contribution is -2.41. The zero-order chi connectivity index (χ0) is 18.0. The van der Waals surface area contributed by atoms with Crippen molar-refractivity contribution in [3.05, 3.63) is 18.0 Å². The second kappa shape index (κ2) is 7.27. The van der Waals surface area contributed by atoms with Crippen molar-refractivity contribution >= 4 is 21.7 Å². The van der Waals surface area contributed by atoms with E-state index in [4.69, 9.17) is 0 Å². The van der Waals surface area contributed by atoms with E-state index < -0.39 is 9.84 Å². The summed E-state index contributed by atoms with van der Waals surface area (Å²) in [7, 11) is -3.02. The maximum atomic E-state index is 12.7. The zero-order valence-corrected chi connectivity index (χ0v) is 15.7. The molecule has 1 amide bonds. The van der Waals surface area contributed by atoms with Crippen LogP contribution in [-0.2, 0) is 9.84 Å². The highest BCUT2D eigenvalue weighted by Crippen LogP contribution is 2.21. The Morgan fingerprint density at radius 3 is 2.40 bits per heavy atom. The van der Waals surface area contributed by atoms with Gasteiger partial charge in [0.15, 0.2) is 9.84 Å². The molecule has 7 nitrogen and oxygen atoms in total. The van der Waals surface area contributed by atoms with E-state index in [1.165, 1.54) is 0 Å². The number of carbonyl (C=O) groups excluding carboxylic acids is 1. The molecule has 138 valence electrons. The van der Waals surface area contributed by atoms with Crippen molar-refractivity contribution in [2.45, 2.75) is 39.2 Å². The van der Waals surface area contributed by atoms with Crippen LogP contribution in [0.1, 0.15) is 43.5 Å². The van der Waals surface area contributed by atoms with Crippen molar-refractivity contribution in [3.8, 4) is 0 Å². The van der Waals surface area contributed by atoms with Crippen LogP contribution in [0, 0.1) is 5.92 Å². The molecular weight excluding hydrogens is 340 g/mol. The van der Waals surface area contributed by atoms with Crippen LogP contribution in [0.5, 0.6) is 0 Å². The Bertz CT molecular complexity index is 712. The molecule has 0 radical (unpaired) electrons. The third kappa shape index (κ3) is 4.11. The molecule has 0 saturated carbocycles. The number of sulfone groups is 1. The summed E-state index contributed by atoms with van der Waals surface area (Å²) >= 11 is 0. The van der Waals surface area contributed by atoms with Gasteiger partial charge in [-0.15, -0.1) is 0 Å². The molecule has 0 N–H and O–H groups in total. The first-order valence-corrected chi connectivity index (χ1v) is 10.8. The molecule has 25 heavy (non-hydrogen) atoms. The first kappa shape index (κ1) is 18.1. The normalized spacial score (nSPS) is 23.6. The molecule has 2 saturated heterocycles. The molecule has 1 aromatic heterocycles. The van der Waals surface area contributed by atoms with Crippen molar-refractivity contribution in [2.75, 3.05) is 36.0 Å². The van der Waals surface area contributed by atoms with Crippen LogP contribution in [0.25, 0.3) is 0 Å². The van der Waals surface area contributed by atoms with Crippen LogP contribution in [0.15, 0.2) is 12.4 Å². The number of hydrogen-bond acceptors (Lipinski definition) is 6. The van der Waals surface area contributed by atoms with Crippen LogP contribution in [0.3, 0.4) is 0 Å². The predicted molar refractivity (Wildman–Crippen MR) is 96.4 cm³/mol. The summed E-state index contributed by atoms with van der Waals surface area (Å²) in [6.07, 6.45) is 5.89. The highest BCUT2D eigenvalue weighted by atomic mass is 32.2. The molecular formula is C17H26N4O3S. The molecule has 3 heterocycles. The van der Waals surface area contributed by atoms with Crippen molar-refractivity contribution in [3.63, 3.8) is 0 Å². The molecule has 1 atom stereocenters. The predicted octanol–water partition coefficient (Wildman–Crippen LogP) is 1.36. The molecule has 0 aliphatic carbocycles. The van der Waals surface area contributed by atoms with E-state index in [2.05, 4.69) is 21.8 Å². The van der Waals surface area contributed by atoms with Crippen LogP contribution < -0.4 is 4.90 Å². The van der Waals surface area contributed by atoms with Gasteiger partial charge in [0.1, 0.15) is 0 Å². The standard InChI is InChI=1S/C17H26N4O3S/c1-3-21(15-6-9-25(23,24)12-15)16(22)14-10-18-17(19-11-14)20-7-4-13(2)5-8-20/h10-11,13,15H,3-9,12H2,1-2H3. The molecule has 2 fully saturated rings. The molecule has 8 heteroatoms. The maximum Gasteiger partial charge on any atom is 0.257 e. The van der Waals surface area contributed by atoms with Gasteiger partial charge in [0.25, 0.3) is 5.91 Å². The topological polar surface area (TPSA) is 83.5 Å². The number of piperidine rings is 1. The summed E-state index contributed by atoms with van der Waals surface area (Å²) in [5.74, 6) is 1.41. The van der Waals surface area contributed by atoms with Crippen molar-refractivity contribution in [2.24, 2.45) is 5.92 Å². The zero-order valence-electron chi connectivity index (χ0n) is 14.9. The van der Waals surface area contributed by atoms with E-state index in [9.17, 15) is 13.2 Å². The fourth-order valence-electron chi connectivity index (χ4n) is 3.56. The Morgan fingerprint density at radius 1 is 1.24 bits per heavy atom. The van der Waals surface area contributed by atoms with Gasteiger partial charge in [-0.05, 0) is 32.1 Å². The molecule has 2 aliphatic heterocycles. The lowest BCUT2D eigenvalue weighted by Gasteiger charge is -2.30. The minimum absolute atomic E-state index is 0.0531. The SMILES string of the molecule is CCN(C(=O)c1cnc(N2CCC(C)CC2)nc1)C1CCS(=O)(=O)C1. The van der Waals surface area contributed by atoms with Gasteiger partial charge in [0, 0.05) is 38.1 Å². The summed E-state index contributed by atoms with van der Waals surface area (Å²) in [5, 5.41) is 0. The minimum atomic E-state index is -3.02. The minimum Gasteiger partial charge on any atom is -0.341 e. The molecule has 1 aromatic rings. The average Bonchev–Trinajstić information content (AvgIpc) is 2.96. The van der Waals surface area contributed by atoms with E-state index in [1.807, 2.05) is 6.92 Å². The highest BCUT2D eigenvalue weighted by Gasteiger charge is 2.34. The first-order chi connectivity index (χ1) is 11.9. The van der Waals surface area contributed by atoms with E-state index in [0.29, 0.717) is 24.5 Å². The van der Waals surface area contributed by atoms with E-state index >= 15 is 0 Å². The van der Waals surface area contributed by atoms with Crippen LogP contribution in [-0.4, -0.2) is 66.4 Å². The molecule has 3 rings (SSSR count). The second-order valence-electron chi connectivity index (χ2n) is 7.09. The Morgan fingerprint density at radius 2 is 1.88 bits per heavy atom. The number of rotatable bonds is 4. The van der Waals surface area contributed by atoms with Gasteiger partial charge in [-0.1, -0.05) is 6.92 Å². The van der Waals surface area contributed by atoms with Gasteiger partial charge in [0.05, 0.1) is 17.1 Å². The maximum absolute atomic E-state index is 12.7. The van der Waals surface area contributed by atoms with Crippen molar-refractivity contribution < 1.29 is 13.2 Å². The smallest absolute Gasteiger partial charge is 0.257 e. The second-order valence-corrected chi connectivity index (χ2v) is 9.32. The van der Waals surface area contributed by atoms with Gasteiger partial charge in [-0.2, -0.15) is 0 Å². The van der Waals surface area contributed by atoms with E-state index in [1.54, 1.807) is 17.3 Å². The fourth-order valence-corrected chi connectivity index (χ4v) is 5.29. The van der Waals surface area contributed by atoms with E-state index in [-0.39, 0.29) is 23.5 Å². The molecule has 0 bridgehead atoms. The molecule has 0 aromatic carbocycles. The summed E-state index contributed by atoms with van der Waals surface area (Å²) in [6, 6.07) is -0.245. The van der Waals surface area contributed by atoms with Gasteiger partial charge in [-0.25, -0.2) is 18.4 Å². The van der Waals surface area contributed by atoms with E-state index in [0.717, 1.165) is 31.8 Å². The average molecular weight is 366 g/mol. The Labute approximate surface area is 149 Å². The Balaban J connectivity index is 1.69. The Kier molecular flexibility index (Phi) is 5.27. The lowest BCUT2D eigenvalue weighted by atomic mass is 10.00. The number of hydrogen-bond donors (Lipinski definition) is 0. The fraction of sp³-hybridized carbons (Fsp3) is 0.706. The lowest BCUT2D eigenvalue weighted by molar-refractivity contribution is 0.0707. The van der Waals surface area contributed by atoms with Crippen molar-refractivity contribution in [1.82, 2.24) is 14.9 Å². The van der Waals surface area contributed by atoms with Crippen LogP contribution >= 0.6 is 0 Å².